The standard InChI is InChI=1S/C14H15N3OS/c1-17(2)14(18)10-3-4-12(15)13(9-10)19-11-5-7-16-8-6-11/h3-9H,15H2,1-2H3. The van der Waals surface area contributed by atoms with Gasteiger partial charge in [-0.15, -0.1) is 0 Å². The van der Waals surface area contributed by atoms with Gasteiger partial charge in [-0.1, -0.05) is 11.8 Å². The Balaban J connectivity index is 2.30. The maximum Gasteiger partial charge on any atom is 0.253 e. The van der Waals surface area contributed by atoms with Crippen LogP contribution in [0, 0.1) is 0 Å². The van der Waals surface area contributed by atoms with Crippen molar-refractivity contribution in [2.75, 3.05) is 19.8 Å². The van der Waals surface area contributed by atoms with Gasteiger partial charge in [0.15, 0.2) is 0 Å². The van der Waals surface area contributed by atoms with Gasteiger partial charge >= 0.3 is 0 Å². The van der Waals surface area contributed by atoms with E-state index in [0.717, 1.165) is 9.79 Å². The molecular weight excluding hydrogens is 258 g/mol. The van der Waals surface area contributed by atoms with Crippen molar-refractivity contribution in [3.63, 3.8) is 0 Å². The second-order valence-electron chi connectivity index (χ2n) is 4.24. The van der Waals surface area contributed by atoms with Gasteiger partial charge in [0.25, 0.3) is 5.91 Å². The number of pyridine rings is 1. The van der Waals surface area contributed by atoms with Crippen molar-refractivity contribution in [2.24, 2.45) is 0 Å². The molecule has 0 radical (unpaired) electrons. The van der Waals surface area contributed by atoms with Crippen molar-refractivity contribution in [3.8, 4) is 0 Å². The van der Waals surface area contributed by atoms with Crippen LogP contribution in [0.1, 0.15) is 10.4 Å². The maximum absolute atomic E-state index is 11.9. The Morgan fingerprint density at radius 2 is 1.89 bits per heavy atom. The molecule has 0 aliphatic heterocycles. The van der Waals surface area contributed by atoms with E-state index in [2.05, 4.69) is 4.98 Å². The summed E-state index contributed by atoms with van der Waals surface area (Å²) in [6.45, 7) is 0. The molecule has 1 aromatic heterocycles. The van der Waals surface area contributed by atoms with E-state index in [1.54, 1.807) is 43.5 Å². The van der Waals surface area contributed by atoms with Crippen LogP contribution in [0.25, 0.3) is 0 Å². The molecule has 1 amide bonds. The number of hydrogen-bond acceptors (Lipinski definition) is 4. The van der Waals surface area contributed by atoms with Gasteiger partial charge in [-0.05, 0) is 30.3 Å². The first kappa shape index (κ1) is 13.4. The van der Waals surface area contributed by atoms with E-state index in [1.165, 1.54) is 11.8 Å². The lowest BCUT2D eigenvalue weighted by Gasteiger charge is -2.12. The zero-order chi connectivity index (χ0) is 13.8. The Hall–Kier alpha value is -2.01. The van der Waals surface area contributed by atoms with E-state index in [0.29, 0.717) is 11.3 Å². The van der Waals surface area contributed by atoms with Gasteiger partial charge in [0, 0.05) is 47.5 Å². The summed E-state index contributed by atoms with van der Waals surface area (Å²) in [4.78, 5) is 19.4. The Kier molecular flexibility index (Phi) is 4.06. The predicted molar refractivity (Wildman–Crippen MR) is 77.2 cm³/mol. The van der Waals surface area contributed by atoms with Crippen LogP contribution in [0.5, 0.6) is 0 Å². The summed E-state index contributed by atoms with van der Waals surface area (Å²) in [6.07, 6.45) is 3.46. The number of amides is 1. The van der Waals surface area contributed by atoms with Gasteiger partial charge in [-0.3, -0.25) is 9.78 Å². The number of hydrogen-bond donors (Lipinski definition) is 1. The SMILES string of the molecule is CN(C)C(=O)c1ccc(N)c(Sc2ccncc2)c1. The first-order valence-corrected chi connectivity index (χ1v) is 6.58. The van der Waals surface area contributed by atoms with Gasteiger partial charge in [-0.2, -0.15) is 0 Å². The maximum atomic E-state index is 11.9. The van der Waals surface area contributed by atoms with Crippen LogP contribution in [-0.4, -0.2) is 29.9 Å². The van der Waals surface area contributed by atoms with Gasteiger partial charge < -0.3 is 10.6 Å². The lowest BCUT2D eigenvalue weighted by Crippen LogP contribution is -2.21. The van der Waals surface area contributed by atoms with Crippen molar-refractivity contribution in [1.29, 1.82) is 0 Å². The van der Waals surface area contributed by atoms with E-state index < -0.39 is 0 Å². The van der Waals surface area contributed by atoms with Gasteiger partial charge in [0.2, 0.25) is 0 Å². The first-order valence-electron chi connectivity index (χ1n) is 5.77. The van der Waals surface area contributed by atoms with E-state index in [1.807, 2.05) is 18.2 Å². The lowest BCUT2D eigenvalue weighted by molar-refractivity contribution is 0.0827. The number of nitrogen functional groups attached to an aromatic ring is 1. The van der Waals surface area contributed by atoms with Crippen LogP contribution in [-0.2, 0) is 0 Å². The quantitative estimate of drug-likeness (QED) is 0.873. The second kappa shape index (κ2) is 5.75. The topological polar surface area (TPSA) is 59.2 Å². The van der Waals surface area contributed by atoms with E-state index in [4.69, 9.17) is 5.73 Å². The molecule has 1 aromatic carbocycles. The largest absolute Gasteiger partial charge is 0.398 e. The van der Waals surface area contributed by atoms with Crippen LogP contribution in [0.4, 0.5) is 5.69 Å². The average molecular weight is 273 g/mol. The van der Waals surface area contributed by atoms with Crippen LogP contribution < -0.4 is 5.73 Å². The number of nitrogens with zero attached hydrogens (tertiary/aromatic N) is 2. The minimum atomic E-state index is -0.0309. The number of nitrogens with two attached hydrogens (primary N) is 1. The molecule has 19 heavy (non-hydrogen) atoms. The second-order valence-corrected chi connectivity index (χ2v) is 5.35. The van der Waals surface area contributed by atoms with Crippen LogP contribution in [0.15, 0.2) is 52.5 Å². The smallest absolute Gasteiger partial charge is 0.253 e. The number of carbonyl (C=O) groups excluding carboxylic acids is 1. The molecule has 0 aliphatic rings. The highest BCUT2D eigenvalue weighted by atomic mass is 32.2. The summed E-state index contributed by atoms with van der Waals surface area (Å²) >= 11 is 1.52. The molecule has 0 atom stereocenters. The fraction of sp³-hybridized carbons (Fsp3) is 0.143. The highest BCUT2D eigenvalue weighted by Gasteiger charge is 2.11. The van der Waals surface area contributed by atoms with Crippen molar-refractivity contribution < 1.29 is 4.79 Å². The summed E-state index contributed by atoms with van der Waals surface area (Å²) in [7, 11) is 3.46. The third-order valence-corrected chi connectivity index (χ3v) is 3.63. The summed E-state index contributed by atoms with van der Waals surface area (Å²) in [6, 6.07) is 9.15. The molecule has 1 heterocycles. The van der Waals surface area contributed by atoms with E-state index in [-0.39, 0.29) is 5.91 Å². The lowest BCUT2D eigenvalue weighted by atomic mass is 10.2. The summed E-state index contributed by atoms with van der Waals surface area (Å²) in [5.41, 5.74) is 7.25. The number of carbonyl (C=O) groups is 1. The predicted octanol–water partition coefficient (Wildman–Crippen LogP) is 2.52. The van der Waals surface area contributed by atoms with Gasteiger partial charge in [-0.25, -0.2) is 0 Å². The Morgan fingerprint density at radius 1 is 1.21 bits per heavy atom. The van der Waals surface area contributed by atoms with Crippen LogP contribution in [0.3, 0.4) is 0 Å². The molecule has 5 heteroatoms. The molecule has 0 unspecified atom stereocenters. The molecule has 0 saturated carbocycles. The summed E-state index contributed by atoms with van der Waals surface area (Å²) in [5, 5.41) is 0. The molecule has 2 N–H and O–H groups in total. The van der Waals surface area contributed by atoms with Crippen molar-refractivity contribution in [2.45, 2.75) is 9.79 Å². The molecule has 0 fully saturated rings. The van der Waals surface area contributed by atoms with Crippen LogP contribution in [0.2, 0.25) is 0 Å². The number of rotatable bonds is 3. The van der Waals surface area contributed by atoms with E-state index in [9.17, 15) is 4.79 Å². The highest BCUT2D eigenvalue weighted by molar-refractivity contribution is 7.99. The minimum Gasteiger partial charge on any atom is -0.398 e. The highest BCUT2D eigenvalue weighted by Crippen LogP contribution is 2.32. The van der Waals surface area contributed by atoms with Crippen LogP contribution >= 0.6 is 11.8 Å². The molecule has 2 aromatic rings. The zero-order valence-corrected chi connectivity index (χ0v) is 11.6. The number of aromatic nitrogens is 1. The monoisotopic (exact) mass is 273 g/mol. The molecule has 0 bridgehead atoms. The van der Waals surface area contributed by atoms with Gasteiger partial charge in [0.1, 0.15) is 0 Å². The molecule has 0 saturated heterocycles. The average Bonchev–Trinajstić information content (AvgIpc) is 2.41. The Labute approximate surface area is 116 Å². The summed E-state index contributed by atoms with van der Waals surface area (Å²) in [5.74, 6) is -0.0309. The Morgan fingerprint density at radius 3 is 2.53 bits per heavy atom. The first-order chi connectivity index (χ1) is 9.08. The normalized spacial score (nSPS) is 10.2. The Bertz CT molecular complexity index is 584. The summed E-state index contributed by atoms with van der Waals surface area (Å²) < 4.78 is 0. The van der Waals surface area contributed by atoms with Crippen molar-refractivity contribution in [3.05, 3.63) is 48.3 Å². The van der Waals surface area contributed by atoms with Crippen molar-refractivity contribution in [1.82, 2.24) is 9.88 Å². The minimum absolute atomic E-state index is 0.0309. The van der Waals surface area contributed by atoms with E-state index >= 15 is 0 Å². The molecule has 4 nitrogen and oxygen atoms in total. The molecule has 2 rings (SSSR count). The fourth-order valence-electron chi connectivity index (χ4n) is 1.55. The zero-order valence-electron chi connectivity index (χ0n) is 10.8. The number of anilines is 1. The fourth-order valence-corrected chi connectivity index (χ4v) is 2.43. The van der Waals surface area contributed by atoms with Gasteiger partial charge in [0.05, 0.1) is 0 Å². The third kappa shape index (κ3) is 3.26. The molecule has 98 valence electrons. The molecule has 0 spiro atoms. The number of benzene rings is 1. The van der Waals surface area contributed by atoms with Crippen molar-refractivity contribution >= 4 is 23.4 Å². The molecular formula is C14H15N3OS. The molecule has 0 aliphatic carbocycles. The third-order valence-electron chi connectivity index (χ3n) is 2.54.